The minimum atomic E-state index is 0.219. The molecule has 21 heavy (non-hydrogen) atoms. The van der Waals surface area contributed by atoms with Gasteiger partial charge in [0.15, 0.2) is 5.78 Å². The summed E-state index contributed by atoms with van der Waals surface area (Å²) in [6.45, 7) is 4.59. The fourth-order valence-electron chi connectivity index (χ4n) is 3.38. The van der Waals surface area contributed by atoms with E-state index in [1.165, 1.54) is 12.8 Å². The Hall–Kier alpha value is -1.31. The molecule has 0 radical (unpaired) electrons. The average molecular weight is 286 g/mol. The smallest absolute Gasteiger partial charge is 0.166 e. The molecule has 0 saturated heterocycles. The standard InChI is InChI=1S/C19H26O2/c1-13(2)14-6-8-15(9-7-14)19(20)16-4-3-5-18(12-16)21-17-10-11-17/h3-5,12-15,17H,6-11H2,1-2H3. The van der Waals surface area contributed by atoms with Crippen molar-refractivity contribution in [2.24, 2.45) is 17.8 Å². The average Bonchev–Trinajstić information content (AvgIpc) is 3.31. The zero-order valence-electron chi connectivity index (χ0n) is 13.2. The van der Waals surface area contributed by atoms with E-state index in [0.717, 1.165) is 48.8 Å². The van der Waals surface area contributed by atoms with E-state index < -0.39 is 0 Å². The van der Waals surface area contributed by atoms with Crippen molar-refractivity contribution in [1.82, 2.24) is 0 Å². The van der Waals surface area contributed by atoms with Crippen molar-refractivity contribution >= 4 is 5.78 Å². The molecule has 2 aliphatic carbocycles. The van der Waals surface area contributed by atoms with E-state index in [0.29, 0.717) is 11.9 Å². The lowest BCUT2D eigenvalue weighted by Crippen LogP contribution is -2.24. The Balaban J connectivity index is 1.62. The third-order valence-corrected chi connectivity index (χ3v) is 5.03. The normalized spacial score (nSPS) is 25.9. The van der Waals surface area contributed by atoms with Gasteiger partial charge in [0.25, 0.3) is 0 Å². The maximum absolute atomic E-state index is 12.7. The highest BCUT2D eigenvalue weighted by Gasteiger charge is 2.29. The van der Waals surface area contributed by atoms with E-state index in [1.807, 2.05) is 24.3 Å². The first kappa shape index (κ1) is 14.6. The molecule has 0 N–H and O–H groups in total. The van der Waals surface area contributed by atoms with Crippen LogP contribution in [0.4, 0.5) is 0 Å². The van der Waals surface area contributed by atoms with Gasteiger partial charge >= 0.3 is 0 Å². The Kier molecular flexibility index (Phi) is 4.32. The van der Waals surface area contributed by atoms with Crippen LogP contribution in [0, 0.1) is 17.8 Å². The highest BCUT2D eigenvalue weighted by molar-refractivity contribution is 5.98. The highest BCUT2D eigenvalue weighted by Crippen LogP contribution is 2.35. The van der Waals surface area contributed by atoms with Crippen molar-refractivity contribution in [2.75, 3.05) is 0 Å². The molecule has 0 bridgehead atoms. The molecule has 3 rings (SSSR count). The van der Waals surface area contributed by atoms with Gasteiger partial charge in [-0.3, -0.25) is 4.79 Å². The van der Waals surface area contributed by atoms with Gasteiger partial charge in [0.1, 0.15) is 5.75 Å². The number of ketones is 1. The van der Waals surface area contributed by atoms with Crippen molar-refractivity contribution < 1.29 is 9.53 Å². The second-order valence-corrected chi connectivity index (χ2v) is 7.07. The summed E-state index contributed by atoms with van der Waals surface area (Å²) < 4.78 is 5.80. The minimum Gasteiger partial charge on any atom is -0.490 e. The summed E-state index contributed by atoms with van der Waals surface area (Å²) in [6.07, 6.45) is 7.19. The van der Waals surface area contributed by atoms with Gasteiger partial charge in [-0.1, -0.05) is 26.0 Å². The monoisotopic (exact) mass is 286 g/mol. The molecule has 1 aromatic rings. The van der Waals surface area contributed by atoms with Crippen LogP contribution in [0.3, 0.4) is 0 Å². The molecule has 2 fully saturated rings. The second-order valence-electron chi connectivity index (χ2n) is 7.07. The van der Waals surface area contributed by atoms with Crippen LogP contribution in [0.2, 0.25) is 0 Å². The molecule has 1 aromatic carbocycles. The van der Waals surface area contributed by atoms with Crippen molar-refractivity contribution in [2.45, 2.75) is 58.5 Å². The third-order valence-electron chi connectivity index (χ3n) is 5.03. The van der Waals surface area contributed by atoms with E-state index >= 15 is 0 Å². The van der Waals surface area contributed by atoms with Gasteiger partial charge in [0.05, 0.1) is 6.10 Å². The molecule has 0 aliphatic heterocycles. The van der Waals surface area contributed by atoms with E-state index in [-0.39, 0.29) is 5.92 Å². The van der Waals surface area contributed by atoms with Crippen LogP contribution in [-0.2, 0) is 0 Å². The zero-order valence-corrected chi connectivity index (χ0v) is 13.2. The molecule has 0 atom stereocenters. The van der Waals surface area contributed by atoms with Gasteiger partial charge in [-0.25, -0.2) is 0 Å². The maximum Gasteiger partial charge on any atom is 0.166 e. The highest BCUT2D eigenvalue weighted by atomic mass is 16.5. The van der Waals surface area contributed by atoms with Gasteiger partial charge in [0.2, 0.25) is 0 Å². The number of carbonyl (C=O) groups excluding carboxylic acids is 1. The molecular weight excluding hydrogens is 260 g/mol. The fourth-order valence-corrected chi connectivity index (χ4v) is 3.38. The van der Waals surface area contributed by atoms with Gasteiger partial charge < -0.3 is 4.74 Å². The van der Waals surface area contributed by atoms with Crippen molar-refractivity contribution in [3.05, 3.63) is 29.8 Å². The van der Waals surface area contributed by atoms with Crippen LogP contribution in [0.25, 0.3) is 0 Å². The fraction of sp³-hybridized carbons (Fsp3) is 0.632. The van der Waals surface area contributed by atoms with Crippen LogP contribution in [-0.4, -0.2) is 11.9 Å². The van der Waals surface area contributed by atoms with E-state index in [4.69, 9.17) is 4.74 Å². The van der Waals surface area contributed by atoms with E-state index in [1.54, 1.807) is 0 Å². The van der Waals surface area contributed by atoms with Gasteiger partial charge in [0, 0.05) is 11.5 Å². The minimum absolute atomic E-state index is 0.219. The number of carbonyl (C=O) groups is 1. The third kappa shape index (κ3) is 3.66. The van der Waals surface area contributed by atoms with Crippen molar-refractivity contribution in [1.29, 1.82) is 0 Å². The molecule has 0 amide bonds. The Morgan fingerprint density at radius 3 is 2.43 bits per heavy atom. The summed E-state index contributed by atoms with van der Waals surface area (Å²) in [4.78, 5) is 12.7. The van der Waals surface area contributed by atoms with Crippen molar-refractivity contribution in [3.8, 4) is 5.75 Å². The SMILES string of the molecule is CC(C)C1CCC(C(=O)c2cccc(OC3CC3)c2)CC1. The molecular formula is C19H26O2. The van der Waals surface area contributed by atoms with Crippen molar-refractivity contribution in [3.63, 3.8) is 0 Å². The quantitative estimate of drug-likeness (QED) is 0.722. The molecule has 2 nitrogen and oxygen atoms in total. The molecule has 2 saturated carbocycles. The van der Waals surface area contributed by atoms with Crippen LogP contribution in [0.15, 0.2) is 24.3 Å². The summed E-state index contributed by atoms with van der Waals surface area (Å²) in [7, 11) is 0. The predicted octanol–water partition coefficient (Wildman–Crippen LogP) is 4.87. The van der Waals surface area contributed by atoms with E-state index in [9.17, 15) is 4.79 Å². The maximum atomic E-state index is 12.7. The summed E-state index contributed by atoms with van der Waals surface area (Å²) >= 11 is 0. The topological polar surface area (TPSA) is 26.3 Å². The predicted molar refractivity (Wildman–Crippen MR) is 84.7 cm³/mol. The molecule has 0 unspecified atom stereocenters. The molecule has 0 heterocycles. The number of hydrogen-bond donors (Lipinski definition) is 0. The largest absolute Gasteiger partial charge is 0.490 e. The van der Waals surface area contributed by atoms with Crippen LogP contribution >= 0.6 is 0 Å². The number of Topliss-reactive ketones (excluding diaryl/α,β-unsaturated/α-hetero) is 1. The molecule has 0 spiro atoms. The van der Waals surface area contributed by atoms with E-state index in [2.05, 4.69) is 13.8 Å². The second kappa shape index (κ2) is 6.21. The molecule has 2 heteroatoms. The Morgan fingerprint density at radius 1 is 1.10 bits per heavy atom. The van der Waals surface area contributed by atoms with Gasteiger partial charge in [-0.15, -0.1) is 0 Å². The Labute approximate surface area is 127 Å². The molecule has 0 aromatic heterocycles. The lowest BCUT2D eigenvalue weighted by Gasteiger charge is -2.30. The first-order valence-electron chi connectivity index (χ1n) is 8.44. The number of hydrogen-bond acceptors (Lipinski definition) is 2. The number of benzene rings is 1. The zero-order chi connectivity index (χ0) is 14.8. The summed E-state index contributed by atoms with van der Waals surface area (Å²) in [5.74, 6) is 2.95. The summed E-state index contributed by atoms with van der Waals surface area (Å²) in [5.41, 5.74) is 0.834. The Morgan fingerprint density at radius 2 is 1.81 bits per heavy atom. The lowest BCUT2D eigenvalue weighted by molar-refractivity contribution is 0.0858. The molecule has 2 aliphatic rings. The van der Waals surface area contributed by atoms with Crippen LogP contribution < -0.4 is 4.74 Å². The number of rotatable bonds is 5. The number of ether oxygens (including phenoxy) is 1. The van der Waals surface area contributed by atoms with Crippen LogP contribution in [0.1, 0.15) is 62.7 Å². The summed E-state index contributed by atoms with van der Waals surface area (Å²) in [6, 6.07) is 7.79. The van der Waals surface area contributed by atoms with Gasteiger partial charge in [-0.2, -0.15) is 0 Å². The lowest BCUT2D eigenvalue weighted by atomic mass is 9.75. The first-order valence-corrected chi connectivity index (χ1v) is 8.44. The van der Waals surface area contributed by atoms with Crippen LogP contribution in [0.5, 0.6) is 5.75 Å². The first-order chi connectivity index (χ1) is 10.1. The van der Waals surface area contributed by atoms with Gasteiger partial charge in [-0.05, 0) is 62.5 Å². The Bertz CT molecular complexity index is 494. The molecule has 114 valence electrons. The summed E-state index contributed by atoms with van der Waals surface area (Å²) in [5, 5.41) is 0.